The summed E-state index contributed by atoms with van der Waals surface area (Å²) in [7, 11) is 0. The molecule has 6 rings (SSSR count). The van der Waals surface area contributed by atoms with Gasteiger partial charge in [0, 0.05) is 24.7 Å². The number of carbonyl (C=O) groups excluding carboxylic acids is 2. The molecule has 0 radical (unpaired) electrons. The van der Waals surface area contributed by atoms with Crippen LogP contribution in [0.1, 0.15) is 59.2 Å². The first kappa shape index (κ1) is 37.9. The Kier molecular flexibility index (Phi) is 11.5. The first-order chi connectivity index (χ1) is 23.9. The minimum Gasteiger partial charge on any atom is -0.349 e. The Morgan fingerprint density at radius 1 is 0.725 bits per heavy atom. The lowest BCUT2D eigenvalue weighted by atomic mass is 9.73. The van der Waals surface area contributed by atoms with E-state index in [1.54, 1.807) is 24.3 Å². The minimum atomic E-state index is -4.53. The summed E-state index contributed by atoms with van der Waals surface area (Å²) in [4.78, 5) is 29.3. The van der Waals surface area contributed by atoms with Crippen molar-refractivity contribution in [2.75, 3.05) is 26.2 Å². The number of unbranched alkanes of at least 4 members (excludes halogenated alkanes) is 1. The van der Waals surface area contributed by atoms with E-state index in [-0.39, 0.29) is 24.4 Å². The molecule has 5 nitrogen and oxygen atoms in total. The third-order valence-corrected chi connectivity index (χ3v) is 9.79. The average molecular weight is 730 g/mol. The highest BCUT2D eigenvalue weighted by atomic mass is 35.5. The van der Waals surface area contributed by atoms with Gasteiger partial charge in [-0.2, -0.15) is 26.3 Å². The molecule has 1 fully saturated rings. The molecule has 1 aliphatic carbocycles. The Balaban J connectivity index is 0.00000504. The van der Waals surface area contributed by atoms with Crippen LogP contribution in [0.15, 0.2) is 97.1 Å². The van der Waals surface area contributed by atoms with Crippen LogP contribution in [0.3, 0.4) is 0 Å². The fourth-order valence-electron chi connectivity index (χ4n) is 7.35. The van der Waals surface area contributed by atoms with E-state index >= 15 is 0 Å². The van der Waals surface area contributed by atoms with Gasteiger partial charge in [-0.1, -0.05) is 85.3 Å². The molecule has 2 amide bonds. The molecule has 2 aliphatic rings. The molecule has 4 aromatic rings. The van der Waals surface area contributed by atoms with Crippen LogP contribution in [0.4, 0.5) is 26.3 Å². The molecule has 0 spiro atoms. The molecule has 0 atom stereocenters. The number of fused-ring (bicyclic) bond motifs is 3. The standard InChI is InChI=1S/C39H37F6N3O2.ClH/c40-38(41,42)25-46-36(50)37(33-13-5-3-10-30(33)31-11-4-6-14-34(31)37)21-7-8-22-48-23-19-28(20-24-48)47-35(49)32-12-2-1-9-29(32)26-15-17-27(18-16-26)39(43,44)45;/h1-6,9-18,28H,7-8,19-25H2,(H,46,50)(H,47,49);1H. The molecule has 0 saturated carbocycles. The maximum absolute atomic E-state index is 13.7. The SMILES string of the molecule is Cl.O=C(NC1CCN(CCCCC2(C(=O)NCC(F)(F)F)c3ccccc3-c3ccccc32)CC1)c1ccccc1-c1ccc(C(F)(F)F)cc1. The molecule has 51 heavy (non-hydrogen) atoms. The predicted molar refractivity (Wildman–Crippen MR) is 187 cm³/mol. The smallest absolute Gasteiger partial charge is 0.349 e. The molecule has 1 saturated heterocycles. The summed E-state index contributed by atoms with van der Waals surface area (Å²) >= 11 is 0. The van der Waals surface area contributed by atoms with Crippen LogP contribution in [-0.4, -0.2) is 55.1 Å². The molecule has 270 valence electrons. The second kappa shape index (κ2) is 15.5. The molecule has 12 heteroatoms. The lowest BCUT2D eigenvalue weighted by Gasteiger charge is -2.33. The maximum atomic E-state index is 13.7. The normalized spacial score (nSPS) is 15.7. The van der Waals surface area contributed by atoms with Gasteiger partial charge in [0.15, 0.2) is 0 Å². The third-order valence-electron chi connectivity index (χ3n) is 9.79. The van der Waals surface area contributed by atoms with E-state index in [9.17, 15) is 35.9 Å². The molecule has 0 unspecified atom stereocenters. The van der Waals surface area contributed by atoms with Crippen molar-refractivity contribution >= 4 is 24.2 Å². The van der Waals surface area contributed by atoms with Gasteiger partial charge in [-0.15, -0.1) is 12.4 Å². The number of piperidine rings is 1. The second-order valence-electron chi connectivity index (χ2n) is 13.0. The number of nitrogens with zero attached hydrogens (tertiary/aromatic N) is 1. The van der Waals surface area contributed by atoms with Crippen molar-refractivity contribution in [1.29, 1.82) is 0 Å². The summed E-state index contributed by atoms with van der Waals surface area (Å²) in [5, 5.41) is 5.27. The highest BCUT2D eigenvalue weighted by molar-refractivity contribution is 6.01. The Morgan fingerprint density at radius 2 is 1.27 bits per heavy atom. The number of likely N-dealkylation sites (tertiary alicyclic amines) is 1. The van der Waals surface area contributed by atoms with E-state index in [0.29, 0.717) is 42.4 Å². The number of nitrogens with one attached hydrogen (secondary N) is 2. The maximum Gasteiger partial charge on any atom is 0.416 e. The molecule has 0 bridgehead atoms. The molecule has 1 aliphatic heterocycles. The fraction of sp³-hybridized carbons (Fsp3) is 0.333. The number of alkyl halides is 6. The monoisotopic (exact) mass is 729 g/mol. The number of hydrogen-bond donors (Lipinski definition) is 2. The molecular formula is C39H38ClF6N3O2. The summed E-state index contributed by atoms with van der Waals surface area (Å²) < 4.78 is 78.7. The zero-order valence-electron chi connectivity index (χ0n) is 27.6. The fourth-order valence-corrected chi connectivity index (χ4v) is 7.35. The highest BCUT2D eigenvalue weighted by Crippen LogP contribution is 2.51. The van der Waals surface area contributed by atoms with Crippen LogP contribution in [0.5, 0.6) is 0 Å². The van der Waals surface area contributed by atoms with E-state index in [2.05, 4.69) is 15.5 Å². The second-order valence-corrected chi connectivity index (χ2v) is 13.0. The topological polar surface area (TPSA) is 61.4 Å². The van der Waals surface area contributed by atoms with E-state index < -0.39 is 35.8 Å². The first-order valence-corrected chi connectivity index (χ1v) is 16.7. The number of benzene rings is 4. The van der Waals surface area contributed by atoms with Gasteiger partial charge in [0.05, 0.1) is 5.56 Å². The summed E-state index contributed by atoms with van der Waals surface area (Å²) in [5.41, 5.74) is 2.62. The predicted octanol–water partition coefficient (Wildman–Crippen LogP) is 8.80. The minimum absolute atomic E-state index is 0. The van der Waals surface area contributed by atoms with Crippen molar-refractivity contribution in [3.8, 4) is 22.3 Å². The lowest BCUT2D eigenvalue weighted by molar-refractivity contribution is -0.141. The van der Waals surface area contributed by atoms with Gasteiger partial charge in [-0.05, 0) is 83.8 Å². The van der Waals surface area contributed by atoms with E-state index in [1.807, 2.05) is 48.5 Å². The van der Waals surface area contributed by atoms with Crippen molar-refractivity contribution in [3.63, 3.8) is 0 Å². The Morgan fingerprint density at radius 3 is 1.84 bits per heavy atom. The Labute approximate surface area is 298 Å². The van der Waals surface area contributed by atoms with Crippen molar-refractivity contribution < 1.29 is 35.9 Å². The number of halogens is 7. The summed E-state index contributed by atoms with van der Waals surface area (Å²) in [6.45, 7) is 0.799. The van der Waals surface area contributed by atoms with Crippen molar-refractivity contribution in [3.05, 3.63) is 119 Å². The van der Waals surface area contributed by atoms with Crippen LogP contribution in [0, 0.1) is 0 Å². The highest BCUT2D eigenvalue weighted by Gasteiger charge is 2.49. The van der Waals surface area contributed by atoms with Gasteiger partial charge in [0.25, 0.3) is 5.91 Å². The quantitative estimate of drug-likeness (QED) is 0.127. The number of hydrogen-bond acceptors (Lipinski definition) is 3. The average Bonchev–Trinajstić information content (AvgIpc) is 3.39. The zero-order chi connectivity index (χ0) is 35.5. The van der Waals surface area contributed by atoms with Gasteiger partial charge < -0.3 is 15.5 Å². The number of rotatable bonds is 10. The molecule has 2 N–H and O–H groups in total. The largest absolute Gasteiger partial charge is 0.416 e. The van der Waals surface area contributed by atoms with Crippen LogP contribution in [0.25, 0.3) is 22.3 Å². The molecular weight excluding hydrogens is 692 g/mol. The van der Waals surface area contributed by atoms with Crippen LogP contribution in [-0.2, 0) is 16.4 Å². The van der Waals surface area contributed by atoms with Gasteiger partial charge in [0.2, 0.25) is 5.91 Å². The summed E-state index contributed by atoms with van der Waals surface area (Å²) in [6.07, 6.45) is -5.87. The van der Waals surface area contributed by atoms with Crippen LogP contribution in [0.2, 0.25) is 0 Å². The summed E-state index contributed by atoms with van der Waals surface area (Å²) in [5.74, 6) is -0.936. The first-order valence-electron chi connectivity index (χ1n) is 16.7. The summed E-state index contributed by atoms with van der Waals surface area (Å²) in [6, 6.07) is 26.4. The van der Waals surface area contributed by atoms with Crippen molar-refractivity contribution in [1.82, 2.24) is 15.5 Å². The van der Waals surface area contributed by atoms with Gasteiger partial charge in [-0.25, -0.2) is 0 Å². The number of amides is 2. The Bertz CT molecular complexity index is 1790. The van der Waals surface area contributed by atoms with Gasteiger partial charge >= 0.3 is 12.4 Å². The lowest BCUT2D eigenvalue weighted by Crippen LogP contribution is -2.47. The van der Waals surface area contributed by atoms with Crippen LogP contribution >= 0.6 is 12.4 Å². The molecule has 1 heterocycles. The van der Waals surface area contributed by atoms with E-state index in [0.717, 1.165) is 60.4 Å². The third kappa shape index (κ3) is 8.25. The molecule has 0 aromatic heterocycles. The Hall–Kier alpha value is -4.35. The van der Waals surface area contributed by atoms with Gasteiger partial charge in [-0.3, -0.25) is 9.59 Å². The van der Waals surface area contributed by atoms with Crippen molar-refractivity contribution in [2.45, 2.75) is 55.9 Å². The zero-order valence-corrected chi connectivity index (χ0v) is 28.4. The number of carbonyl (C=O) groups is 2. The van der Waals surface area contributed by atoms with Gasteiger partial charge in [0.1, 0.15) is 12.0 Å². The molecule has 4 aromatic carbocycles. The van der Waals surface area contributed by atoms with Crippen LogP contribution < -0.4 is 10.6 Å². The van der Waals surface area contributed by atoms with E-state index in [4.69, 9.17) is 0 Å². The van der Waals surface area contributed by atoms with E-state index in [1.165, 1.54) is 12.1 Å². The van der Waals surface area contributed by atoms with Crippen molar-refractivity contribution in [2.24, 2.45) is 0 Å².